The van der Waals surface area contributed by atoms with Gasteiger partial charge in [0.2, 0.25) is 0 Å². The lowest BCUT2D eigenvalue weighted by Gasteiger charge is -2.24. The van der Waals surface area contributed by atoms with E-state index in [0.717, 1.165) is 5.56 Å². The van der Waals surface area contributed by atoms with Crippen molar-refractivity contribution in [3.05, 3.63) is 17.8 Å². The molecule has 1 atom stereocenters. The molecule has 1 unspecified atom stereocenters. The van der Waals surface area contributed by atoms with Crippen molar-refractivity contribution < 1.29 is 8.42 Å². The van der Waals surface area contributed by atoms with Crippen LogP contribution in [0, 0.1) is 6.92 Å². The van der Waals surface area contributed by atoms with E-state index in [0.29, 0.717) is 17.9 Å². The van der Waals surface area contributed by atoms with Gasteiger partial charge in [0.1, 0.15) is 5.82 Å². The van der Waals surface area contributed by atoms with E-state index in [-0.39, 0.29) is 11.5 Å². The van der Waals surface area contributed by atoms with Crippen molar-refractivity contribution in [3.63, 3.8) is 0 Å². The van der Waals surface area contributed by atoms with Crippen LogP contribution in [0.2, 0.25) is 0 Å². The van der Waals surface area contributed by atoms with Gasteiger partial charge in [0, 0.05) is 0 Å². The minimum absolute atomic E-state index is 0.158. The van der Waals surface area contributed by atoms with Crippen molar-refractivity contribution >= 4 is 21.3 Å². The van der Waals surface area contributed by atoms with Gasteiger partial charge in [-0.25, -0.2) is 13.4 Å². The minimum atomic E-state index is -2.91. The minimum Gasteiger partial charge on any atom is -0.397 e. The van der Waals surface area contributed by atoms with Gasteiger partial charge in [-0.05, 0) is 31.9 Å². The topological polar surface area (TPSA) is 85.1 Å². The molecule has 6 heteroatoms. The molecule has 1 saturated heterocycles. The lowest BCUT2D eigenvalue weighted by Crippen LogP contribution is -2.36. The van der Waals surface area contributed by atoms with E-state index in [9.17, 15) is 8.42 Å². The summed E-state index contributed by atoms with van der Waals surface area (Å²) in [4.78, 5) is 4.16. The first-order valence-corrected chi connectivity index (χ1v) is 7.33. The average Bonchev–Trinajstić information content (AvgIpc) is 2.47. The Bertz CT molecular complexity index is 542. The standard InChI is InChI=1S/C11H17N3O2S/c1-8-5-10(13-6-9(8)12)14-11(2)3-4-17(15,16)7-11/h5-6H,3-4,7,12H2,1-2H3,(H,13,14). The normalized spacial score (nSPS) is 26.9. The van der Waals surface area contributed by atoms with Crippen molar-refractivity contribution in [2.24, 2.45) is 0 Å². The number of sulfone groups is 1. The van der Waals surface area contributed by atoms with Gasteiger partial charge in [0.25, 0.3) is 0 Å². The van der Waals surface area contributed by atoms with Gasteiger partial charge in [0.05, 0.1) is 28.9 Å². The molecule has 94 valence electrons. The fourth-order valence-electron chi connectivity index (χ4n) is 2.05. The molecule has 0 saturated carbocycles. The predicted octanol–water partition coefficient (Wildman–Crippen LogP) is 0.961. The number of hydrogen-bond donors (Lipinski definition) is 2. The highest BCUT2D eigenvalue weighted by atomic mass is 32.2. The molecule has 5 nitrogen and oxygen atoms in total. The molecule has 1 aromatic heterocycles. The first-order chi connectivity index (χ1) is 7.80. The maximum Gasteiger partial charge on any atom is 0.152 e. The number of nitrogen functional groups attached to an aromatic ring is 1. The quantitative estimate of drug-likeness (QED) is 0.822. The maximum absolute atomic E-state index is 11.5. The Morgan fingerprint density at radius 1 is 1.53 bits per heavy atom. The SMILES string of the molecule is Cc1cc(NC2(C)CCS(=O)(=O)C2)ncc1N. The largest absolute Gasteiger partial charge is 0.397 e. The summed E-state index contributed by atoms with van der Waals surface area (Å²) in [5.41, 5.74) is 6.84. The van der Waals surface area contributed by atoms with E-state index < -0.39 is 15.4 Å². The molecular weight excluding hydrogens is 238 g/mol. The summed E-state index contributed by atoms with van der Waals surface area (Å²) in [6.45, 7) is 3.81. The first kappa shape index (κ1) is 12.2. The second-order valence-corrected chi connectivity index (χ2v) is 7.14. The highest BCUT2D eigenvalue weighted by Gasteiger charge is 2.38. The van der Waals surface area contributed by atoms with Gasteiger partial charge in [-0.1, -0.05) is 0 Å². The van der Waals surface area contributed by atoms with E-state index in [2.05, 4.69) is 10.3 Å². The number of nitrogens with zero attached hydrogens (tertiary/aromatic N) is 1. The van der Waals surface area contributed by atoms with Crippen molar-refractivity contribution in [3.8, 4) is 0 Å². The monoisotopic (exact) mass is 255 g/mol. The second kappa shape index (κ2) is 3.87. The Labute approximate surface area is 101 Å². The van der Waals surface area contributed by atoms with Gasteiger partial charge >= 0.3 is 0 Å². The number of anilines is 2. The van der Waals surface area contributed by atoms with Gasteiger partial charge in [-0.2, -0.15) is 0 Å². The lowest BCUT2D eigenvalue weighted by molar-refractivity contribution is 0.572. The Balaban J connectivity index is 2.19. The van der Waals surface area contributed by atoms with E-state index in [1.165, 1.54) is 0 Å². The number of pyridine rings is 1. The van der Waals surface area contributed by atoms with Gasteiger partial charge < -0.3 is 11.1 Å². The Morgan fingerprint density at radius 2 is 2.24 bits per heavy atom. The van der Waals surface area contributed by atoms with Crippen LogP contribution in [-0.2, 0) is 9.84 Å². The summed E-state index contributed by atoms with van der Waals surface area (Å²) in [6.07, 6.45) is 2.20. The van der Waals surface area contributed by atoms with E-state index in [4.69, 9.17) is 5.73 Å². The summed E-state index contributed by atoms with van der Waals surface area (Å²) in [6, 6.07) is 1.84. The summed E-state index contributed by atoms with van der Waals surface area (Å²) in [5, 5.41) is 3.20. The number of nitrogens with one attached hydrogen (secondary N) is 1. The fraction of sp³-hybridized carbons (Fsp3) is 0.545. The first-order valence-electron chi connectivity index (χ1n) is 5.50. The number of aromatic nitrogens is 1. The Hall–Kier alpha value is -1.30. The van der Waals surface area contributed by atoms with Crippen LogP contribution in [0.4, 0.5) is 11.5 Å². The van der Waals surface area contributed by atoms with Crippen LogP contribution in [0.5, 0.6) is 0 Å². The molecule has 1 aliphatic heterocycles. The Kier molecular flexibility index (Phi) is 2.77. The molecule has 0 spiro atoms. The van der Waals surface area contributed by atoms with Crippen LogP contribution in [-0.4, -0.2) is 30.4 Å². The molecule has 3 N–H and O–H groups in total. The molecule has 2 rings (SSSR count). The summed E-state index contributed by atoms with van der Waals surface area (Å²) in [5.74, 6) is 1.08. The van der Waals surface area contributed by atoms with Gasteiger partial charge in [0.15, 0.2) is 9.84 Å². The molecule has 0 amide bonds. The van der Waals surface area contributed by atoms with E-state index in [1.807, 2.05) is 19.9 Å². The molecule has 1 aliphatic rings. The van der Waals surface area contributed by atoms with E-state index >= 15 is 0 Å². The molecule has 0 aromatic carbocycles. The lowest BCUT2D eigenvalue weighted by atomic mass is 10.0. The zero-order valence-corrected chi connectivity index (χ0v) is 10.8. The summed E-state index contributed by atoms with van der Waals surface area (Å²) in [7, 11) is -2.91. The van der Waals surface area contributed by atoms with Crippen LogP contribution in [0.3, 0.4) is 0 Å². The summed E-state index contributed by atoms with van der Waals surface area (Å²) >= 11 is 0. The van der Waals surface area contributed by atoms with Crippen molar-refractivity contribution in [2.45, 2.75) is 25.8 Å². The van der Waals surface area contributed by atoms with Crippen molar-refractivity contribution in [1.29, 1.82) is 0 Å². The number of hydrogen-bond acceptors (Lipinski definition) is 5. The highest BCUT2D eigenvalue weighted by Crippen LogP contribution is 2.27. The Morgan fingerprint density at radius 3 is 2.76 bits per heavy atom. The molecule has 0 aliphatic carbocycles. The third kappa shape index (κ3) is 2.69. The second-order valence-electron chi connectivity index (χ2n) is 4.95. The van der Waals surface area contributed by atoms with Crippen LogP contribution < -0.4 is 11.1 Å². The number of nitrogens with two attached hydrogens (primary N) is 1. The van der Waals surface area contributed by atoms with Crippen LogP contribution in [0.25, 0.3) is 0 Å². The molecule has 0 radical (unpaired) electrons. The van der Waals surface area contributed by atoms with Gasteiger partial charge in [-0.3, -0.25) is 0 Å². The molecule has 0 bridgehead atoms. The van der Waals surface area contributed by atoms with E-state index in [1.54, 1.807) is 6.20 Å². The highest BCUT2D eigenvalue weighted by molar-refractivity contribution is 7.91. The number of aryl methyl sites for hydroxylation is 1. The van der Waals surface area contributed by atoms with Crippen LogP contribution in [0.1, 0.15) is 18.9 Å². The third-order valence-electron chi connectivity index (χ3n) is 3.08. The smallest absolute Gasteiger partial charge is 0.152 e. The molecule has 1 aromatic rings. The van der Waals surface area contributed by atoms with Crippen LogP contribution >= 0.6 is 0 Å². The molecule has 2 heterocycles. The maximum atomic E-state index is 11.5. The van der Waals surface area contributed by atoms with Gasteiger partial charge in [-0.15, -0.1) is 0 Å². The predicted molar refractivity (Wildman–Crippen MR) is 68.7 cm³/mol. The van der Waals surface area contributed by atoms with Crippen molar-refractivity contribution in [1.82, 2.24) is 4.98 Å². The summed E-state index contributed by atoms with van der Waals surface area (Å²) < 4.78 is 23.0. The number of rotatable bonds is 2. The zero-order chi connectivity index (χ0) is 12.7. The van der Waals surface area contributed by atoms with Crippen LogP contribution in [0.15, 0.2) is 12.3 Å². The third-order valence-corrected chi connectivity index (χ3v) is 4.99. The average molecular weight is 255 g/mol. The molecular formula is C11H17N3O2S. The van der Waals surface area contributed by atoms with Crippen molar-refractivity contribution in [2.75, 3.05) is 22.6 Å². The molecule has 1 fully saturated rings. The zero-order valence-electron chi connectivity index (χ0n) is 10.0. The molecule has 17 heavy (non-hydrogen) atoms. The fourth-order valence-corrected chi connectivity index (χ4v) is 4.15.